The Morgan fingerprint density at radius 2 is 2.28 bits per heavy atom. The number of fused-ring (bicyclic) bond motifs is 1. The molecule has 2 aliphatic rings. The third-order valence-electron chi connectivity index (χ3n) is 5.80. The molecule has 2 unspecified atom stereocenters. The molecule has 1 fully saturated rings. The average Bonchev–Trinajstić information content (AvgIpc) is 3.32. The third kappa shape index (κ3) is 2.60. The minimum atomic E-state index is -0.364. The zero-order chi connectivity index (χ0) is 17.6. The van der Waals surface area contributed by atoms with E-state index < -0.39 is 0 Å². The van der Waals surface area contributed by atoms with Crippen LogP contribution in [0.1, 0.15) is 42.8 Å². The van der Waals surface area contributed by atoms with Crippen LogP contribution in [0.4, 0.5) is 5.95 Å². The fraction of sp³-hybridized carbons (Fsp3) is 0.647. The molecule has 2 aromatic heterocycles. The molecule has 1 amide bonds. The first-order chi connectivity index (χ1) is 12.0. The Hall–Kier alpha value is -2.38. The van der Waals surface area contributed by atoms with Crippen LogP contribution in [0.25, 0.3) is 0 Å². The number of amides is 1. The number of nitrogens with one attached hydrogen (secondary N) is 2. The number of carbonyl (C=O) groups is 1. The van der Waals surface area contributed by atoms with Crippen molar-refractivity contribution >= 4 is 11.9 Å². The summed E-state index contributed by atoms with van der Waals surface area (Å²) in [5.74, 6) is 2.34. The van der Waals surface area contributed by atoms with Gasteiger partial charge in [0.25, 0.3) is 0 Å². The van der Waals surface area contributed by atoms with E-state index in [1.807, 2.05) is 20.2 Å². The lowest BCUT2D eigenvalue weighted by atomic mass is 9.87. The van der Waals surface area contributed by atoms with Crippen molar-refractivity contribution in [1.82, 2.24) is 30.3 Å². The molecule has 1 aliphatic heterocycles. The molecule has 0 bridgehead atoms. The molecule has 8 nitrogen and oxygen atoms in total. The monoisotopic (exact) mass is 343 g/mol. The molecule has 2 aromatic rings. The Balaban J connectivity index is 1.54. The van der Waals surface area contributed by atoms with Crippen molar-refractivity contribution in [2.24, 2.45) is 12.5 Å². The third-order valence-corrected chi connectivity index (χ3v) is 5.80. The maximum atomic E-state index is 12.2. The molecule has 1 saturated heterocycles. The first-order valence-corrected chi connectivity index (χ1v) is 8.89. The van der Waals surface area contributed by atoms with Crippen molar-refractivity contribution in [2.75, 3.05) is 25.0 Å². The number of aromatic amines is 1. The van der Waals surface area contributed by atoms with Gasteiger partial charge in [-0.3, -0.25) is 9.89 Å². The zero-order valence-electron chi connectivity index (χ0n) is 15.0. The molecule has 25 heavy (non-hydrogen) atoms. The number of H-pyrrole nitrogens is 1. The second-order valence-electron chi connectivity index (χ2n) is 7.54. The maximum absolute atomic E-state index is 12.2. The maximum Gasteiger partial charge on any atom is 0.227 e. The van der Waals surface area contributed by atoms with Gasteiger partial charge in [-0.05, 0) is 38.2 Å². The summed E-state index contributed by atoms with van der Waals surface area (Å²) in [5, 5.41) is 19.0. The van der Waals surface area contributed by atoms with E-state index in [0.717, 1.165) is 44.0 Å². The number of rotatable bonds is 3. The Morgan fingerprint density at radius 3 is 3.08 bits per heavy atom. The van der Waals surface area contributed by atoms with Crippen molar-refractivity contribution < 1.29 is 4.79 Å². The fourth-order valence-corrected chi connectivity index (χ4v) is 4.22. The van der Waals surface area contributed by atoms with Crippen molar-refractivity contribution in [3.8, 4) is 0 Å². The van der Waals surface area contributed by atoms with Crippen LogP contribution in [0.15, 0.2) is 6.20 Å². The quantitative estimate of drug-likeness (QED) is 0.859. The van der Waals surface area contributed by atoms with Gasteiger partial charge >= 0.3 is 0 Å². The van der Waals surface area contributed by atoms with E-state index in [0.29, 0.717) is 12.5 Å². The van der Waals surface area contributed by atoms with E-state index >= 15 is 0 Å². The average molecular weight is 343 g/mol. The number of nitrogens with zero attached hydrogens (tertiary/aromatic N) is 5. The van der Waals surface area contributed by atoms with E-state index in [4.69, 9.17) is 0 Å². The SMILES string of the molecule is CNC(=O)C1(C)CCN(c2nnc(C3CCc4[nH]ncc4C3)n2C)C1. The van der Waals surface area contributed by atoms with E-state index in [9.17, 15) is 4.79 Å². The van der Waals surface area contributed by atoms with E-state index in [1.54, 1.807) is 7.05 Å². The lowest BCUT2D eigenvalue weighted by Crippen LogP contribution is -2.39. The predicted molar refractivity (Wildman–Crippen MR) is 93.4 cm³/mol. The Kier molecular flexibility index (Phi) is 3.77. The van der Waals surface area contributed by atoms with Crippen LogP contribution in [0.2, 0.25) is 0 Å². The number of hydrogen-bond acceptors (Lipinski definition) is 5. The second kappa shape index (κ2) is 5.86. The van der Waals surface area contributed by atoms with Crippen LogP contribution >= 0.6 is 0 Å². The Morgan fingerprint density at radius 1 is 1.44 bits per heavy atom. The molecule has 0 saturated carbocycles. The highest BCUT2D eigenvalue weighted by molar-refractivity contribution is 5.83. The van der Waals surface area contributed by atoms with Crippen LogP contribution in [0.3, 0.4) is 0 Å². The molecule has 0 spiro atoms. The number of anilines is 1. The number of aryl methyl sites for hydroxylation is 1. The van der Waals surface area contributed by atoms with Gasteiger partial charge in [0.2, 0.25) is 11.9 Å². The van der Waals surface area contributed by atoms with Gasteiger partial charge in [0.15, 0.2) is 0 Å². The molecule has 0 aromatic carbocycles. The largest absolute Gasteiger partial charge is 0.359 e. The van der Waals surface area contributed by atoms with Gasteiger partial charge in [0.1, 0.15) is 5.82 Å². The van der Waals surface area contributed by atoms with Crippen LogP contribution in [-0.2, 0) is 24.7 Å². The molecule has 4 rings (SSSR count). The van der Waals surface area contributed by atoms with Crippen LogP contribution in [0.5, 0.6) is 0 Å². The molecular weight excluding hydrogens is 318 g/mol. The molecular formula is C17H25N7O. The lowest BCUT2D eigenvalue weighted by Gasteiger charge is -2.24. The van der Waals surface area contributed by atoms with Gasteiger partial charge in [-0.15, -0.1) is 10.2 Å². The summed E-state index contributed by atoms with van der Waals surface area (Å²) in [7, 11) is 3.73. The van der Waals surface area contributed by atoms with Crippen molar-refractivity contribution in [2.45, 2.75) is 38.5 Å². The molecule has 0 radical (unpaired) electrons. The van der Waals surface area contributed by atoms with Gasteiger partial charge in [0, 0.05) is 38.8 Å². The highest BCUT2D eigenvalue weighted by atomic mass is 16.2. The normalized spacial score (nSPS) is 25.9. The second-order valence-corrected chi connectivity index (χ2v) is 7.54. The summed E-state index contributed by atoms with van der Waals surface area (Å²) in [4.78, 5) is 14.3. The summed E-state index contributed by atoms with van der Waals surface area (Å²) >= 11 is 0. The molecule has 2 atom stereocenters. The smallest absolute Gasteiger partial charge is 0.227 e. The molecule has 8 heteroatoms. The van der Waals surface area contributed by atoms with Crippen molar-refractivity contribution in [1.29, 1.82) is 0 Å². The summed E-state index contributed by atoms with van der Waals surface area (Å²) < 4.78 is 2.10. The standard InChI is InChI=1S/C17H25N7O/c1-17(15(25)18-2)6-7-24(10-17)16-22-21-14(23(16)3)11-4-5-13-12(8-11)9-19-20-13/h9,11H,4-8,10H2,1-3H3,(H,18,25)(H,19,20). The first kappa shape index (κ1) is 16.1. The number of hydrogen-bond donors (Lipinski definition) is 2. The summed E-state index contributed by atoms with van der Waals surface area (Å²) in [6.07, 6.45) is 5.76. The first-order valence-electron chi connectivity index (χ1n) is 8.89. The van der Waals surface area contributed by atoms with Gasteiger partial charge in [-0.2, -0.15) is 5.10 Å². The van der Waals surface area contributed by atoms with Crippen molar-refractivity contribution in [3.05, 3.63) is 23.3 Å². The highest BCUT2D eigenvalue weighted by Gasteiger charge is 2.41. The zero-order valence-corrected chi connectivity index (χ0v) is 15.0. The molecule has 1 aliphatic carbocycles. The molecule has 2 N–H and O–H groups in total. The summed E-state index contributed by atoms with van der Waals surface area (Å²) in [6.45, 7) is 3.52. The van der Waals surface area contributed by atoms with Crippen molar-refractivity contribution in [3.63, 3.8) is 0 Å². The van der Waals surface area contributed by atoms with Gasteiger partial charge in [-0.25, -0.2) is 0 Å². The van der Waals surface area contributed by atoms with E-state index in [2.05, 4.69) is 35.2 Å². The number of carbonyl (C=O) groups excluding carboxylic acids is 1. The Bertz CT molecular complexity index is 795. The summed E-state index contributed by atoms with van der Waals surface area (Å²) in [5.41, 5.74) is 2.17. The molecule has 3 heterocycles. The van der Waals surface area contributed by atoms with Gasteiger partial charge in [-0.1, -0.05) is 0 Å². The lowest BCUT2D eigenvalue weighted by molar-refractivity contribution is -0.128. The number of aromatic nitrogens is 5. The fourth-order valence-electron chi connectivity index (χ4n) is 4.22. The van der Waals surface area contributed by atoms with E-state index in [-0.39, 0.29) is 11.3 Å². The van der Waals surface area contributed by atoms with Crippen LogP contribution in [-0.4, -0.2) is 51.0 Å². The van der Waals surface area contributed by atoms with Crippen LogP contribution < -0.4 is 10.2 Å². The minimum absolute atomic E-state index is 0.0946. The predicted octanol–water partition coefficient (Wildman–Crippen LogP) is 0.773. The van der Waals surface area contributed by atoms with E-state index in [1.165, 1.54) is 11.3 Å². The topological polar surface area (TPSA) is 91.7 Å². The highest BCUT2D eigenvalue weighted by Crippen LogP contribution is 2.35. The minimum Gasteiger partial charge on any atom is -0.359 e. The van der Waals surface area contributed by atoms with Gasteiger partial charge in [0.05, 0.1) is 11.6 Å². The Labute approximate surface area is 147 Å². The summed E-state index contributed by atoms with van der Waals surface area (Å²) in [6, 6.07) is 0. The molecule has 134 valence electrons. The van der Waals surface area contributed by atoms with Crippen LogP contribution in [0, 0.1) is 5.41 Å². The van der Waals surface area contributed by atoms with Gasteiger partial charge < -0.3 is 14.8 Å².